The fraction of sp³-hybridized carbons (Fsp3) is 0.500. The Labute approximate surface area is 81.2 Å². The number of anilines is 2. The van der Waals surface area contributed by atoms with E-state index in [0.717, 1.165) is 6.20 Å². The van der Waals surface area contributed by atoms with E-state index < -0.39 is 11.4 Å². The van der Waals surface area contributed by atoms with Crippen molar-refractivity contribution >= 4 is 11.8 Å². The van der Waals surface area contributed by atoms with Gasteiger partial charge in [0.25, 0.3) is 0 Å². The van der Waals surface area contributed by atoms with Gasteiger partial charge in [-0.15, -0.1) is 0 Å². The molecule has 6 heteroatoms. The minimum atomic E-state index is -0.651. The van der Waals surface area contributed by atoms with Crippen LogP contribution in [-0.2, 0) is 0 Å². The van der Waals surface area contributed by atoms with Crippen LogP contribution in [0.5, 0.6) is 0 Å². The van der Waals surface area contributed by atoms with Gasteiger partial charge >= 0.3 is 0 Å². The van der Waals surface area contributed by atoms with E-state index >= 15 is 0 Å². The number of nitrogens with two attached hydrogens (primary N) is 1. The quantitative estimate of drug-likeness (QED) is 0.657. The number of nitrogens with zero attached hydrogens (tertiary/aromatic N) is 2. The molecule has 1 aromatic rings. The van der Waals surface area contributed by atoms with Gasteiger partial charge in [0, 0.05) is 0 Å². The molecule has 0 aliphatic rings. The average molecular weight is 200 g/mol. The number of nitrogen functional groups attached to an aromatic ring is 1. The Bertz CT molecular complexity index is 329. The zero-order valence-corrected chi connectivity index (χ0v) is 8.08. The largest absolute Gasteiger partial charge is 0.394 e. The monoisotopic (exact) mass is 200 g/mol. The van der Waals surface area contributed by atoms with Crippen LogP contribution < -0.4 is 11.1 Å². The maximum absolute atomic E-state index is 13.1. The summed E-state index contributed by atoms with van der Waals surface area (Å²) in [5.41, 5.74) is 4.65. The van der Waals surface area contributed by atoms with E-state index in [1.165, 1.54) is 0 Å². The lowest BCUT2D eigenvalue weighted by atomic mass is 10.1. The second-order valence-corrected chi connectivity index (χ2v) is 3.59. The zero-order valence-electron chi connectivity index (χ0n) is 8.08. The van der Waals surface area contributed by atoms with Gasteiger partial charge in [-0.1, -0.05) is 0 Å². The Morgan fingerprint density at radius 3 is 2.86 bits per heavy atom. The molecule has 14 heavy (non-hydrogen) atoms. The van der Waals surface area contributed by atoms with E-state index in [2.05, 4.69) is 15.3 Å². The molecule has 1 heterocycles. The molecule has 0 amide bonds. The van der Waals surface area contributed by atoms with E-state index in [1.54, 1.807) is 13.8 Å². The van der Waals surface area contributed by atoms with Crippen molar-refractivity contribution in [1.29, 1.82) is 0 Å². The molecule has 0 radical (unpaired) electrons. The maximum atomic E-state index is 13.1. The molecule has 0 saturated heterocycles. The highest BCUT2D eigenvalue weighted by Crippen LogP contribution is 2.15. The van der Waals surface area contributed by atoms with Gasteiger partial charge in [-0.25, -0.2) is 9.37 Å². The Hall–Kier alpha value is -1.43. The second kappa shape index (κ2) is 3.75. The molecule has 78 valence electrons. The number of hydrogen-bond donors (Lipinski definition) is 3. The Kier molecular flexibility index (Phi) is 2.85. The highest BCUT2D eigenvalue weighted by molar-refractivity contribution is 5.41. The third-order valence-corrected chi connectivity index (χ3v) is 1.61. The molecule has 0 spiro atoms. The molecule has 0 aliphatic heterocycles. The standard InChI is InChI=1S/C8H13FN4O/c1-8(2,4-14)13-6-5(9)3-11-7(10)12-6/h3,14H,4H2,1-2H3,(H3,10,11,12,13). The van der Waals surface area contributed by atoms with Crippen LogP contribution >= 0.6 is 0 Å². The van der Waals surface area contributed by atoms with Gasteiger partial charge in [0.15, 0.2) is 11.6 Å². The summed E-state index contributed by atoms with van der Waals surface area (Å²) in [6.07, 6.45) is 0.984. The normalized spacial score (nSPS) is 11.4. The molecule has 1 aromatic heterocycles. The minimum absolute atomic E-state index is 0.00319. The minimum Gasteiger partial charge on any atom is -0.394 e. The third kappa shape index (κ3) is 2.53. The van der Waals surface area contributed by atoms with Crippen LogP contribution in [0.4, 0.5) is 16.2 Å². The van der Waals surface area contributed by atoms with Crippen molar-refractivity contribution < 1.29 is 9.50 Å². The SMILES string of the molecule is CC(C)(CO)Nc1nc(N)ncc1F. The molecule has 0 fully saturated rings. The lowest BCUT2D eigenvalue weighted by molar-refractivity contribution is 0.233. The third-order valence-electron chi connectivity index (χ3n) is 1.61. The van der Waals surface area contributed by atoms with Crippen molar-refractivity contribution in [2.24, 2.45) is 0 Å². The number of nitrogens with one attached hydrogen (secondary N) is 1. The average Bonchev–Trinajstić information content (AvgIpc) is 2.11. The second-order valence-electron chi connectivity index (χ2n) is 3.59. The predicted molar refractivity (Wildman–Crippen MR) is 51.2 cm³/mol. The first-order valence-corrected chi connectivity index (χ1v) is 4.12. The van der Waals surface area contributed by atoms with Crippen molar-refractivity contribution in [2.75, 3.05) is 17.7 Å². The molecule has 0 unspecified atom stereocenters. The summed E-state index contributed by atoms with van der Waals surface area (Å²) in [5, 5.41) is 11.7. The van der Waals surface area contributed by atoms with Gasteiger partial charge < -0.3 is 16.2 Å². The molecule has 0 aromatic carbocycles. The summed E-state index contributed by atoms with van der Waals surface area (Å²) in [5.74, 6) is -0.611. The first-order chi connectivity index (χ1) is 6.44. The van der Waals surface area contributed by atoms with Crippen molar-refractivity contribution in [1.82, 2.24) is 9.97 Å². The first-order valence-electron chi connectivity index (χ1n) is 4.12. The van der Waals surface area contributed by atoms with Crippen LogP contribution in [0.1, 0.15) is 13.8 Å². The fourth-order valence-corrected chi connectivity index (χ4v) is 0.828. The summed E-state index contributed by atoms with van der Waals surface area (Å²) in [6, 6.07) is 0. The summed E-state index contributed by atoms with van der Waals surface area (Å²) in [7, 11) is 0. The number of aliphatic hydroxyl groups excluding tert-OH is 1. The number of halogens is 1. The van der Waals surface area contributed by atoms with Crippen molar-refractivity contribution in [3.63, 3.8) is 0 Å². The summed E-state index contributed by atoms with van der Waals surface area (Å²) < 4.78 is 13.1. The van der Waals surface area contributed by atoms with Crippen molar-refractivity contribution in [2.45, 2.75) is 19.4 Å². The van der Waals surface area contributed by atoms with E-state index in [0.29, 0.717) is 0 Å². The van der Waals surface area contributed by atoms with Crippen LogP contribution in [0.25, 0.3) is 0 Å². The summed E-state index contributed by atoms with van der Waals surface area (Å²) >= 11 is 0. The van der Waals surface area contributed by atoms with Crippen molar-refractivity contribution in [3.8, 4) is 0 Å². The Morgan fingerprint density at radius 1 is 1.64 bits per heavy atom. The summed E-state index contributed by atoms with van der Waals surface area (Å²) in [4.78, 5) is 7.16. The molecular weight excluding hydrogens is 187 g/mol. The highest BCUT2D eigenvalue weighted by atomic mass is 19.1. The van der Waals surface area contributed by atoms with Crippen LogP contribution in [0.3, 0.4) is 0 Å². The van der Waals surface area contributed by atoms with Crippen molar-refractivity contribution in [3.05, 3.63) is 12.0 Å². The molecule has 5 nitrogen and oxygen atoms in total. The number of aliphatic hydroxyl groups is 1. The van der Waals surface area contributed by atoms with Crippen LogP contribution in [0, 0.1) is 5.82 Å². The molecule has 4 N–H and O–H groups in total. The van der Waals surface area contributed by atoms with E-state index in [9.17, 15) is 4.39 Å². The molecule has 0 bridgehead atoms. The Morgan fingerprint density at radius 2 is 2.29 bits per heavy atom. The van der Waals surface area contributed by atoms with Crippen LogP contribution in [-0.4, -0.2) is 27.2 Å². The maximum Gasteiger partial charge on any atom is 0.222 e. The predicted octanol–water partition coefficient (Wildman–Crippen LogP) is 0.381. The number of aromatic nitrogens is 2. The smallest absolute Gasteiger partial charge is 0.222 e. The number of hydrogen-bond acceptors (Lipinski definition) is 5. The van der Waals surface area contributed by atoms with Gasteiger partial charge in [0.1, 0.15) is 0 Å². The molecule has 0 aliphatic carbocycles. The molecular formula is C8H13FN4O. The van der Waals surface area contributed by atoms with E-state index in [4.69, 9.17) is 10.8 Å². The lowest BCUT2D eigenvalue weighted by Crippen LogP contribution is -2.35. The van der Waals surface area contributed by atoms with Gasteiger partial charge in [0.05, 0.1) is 18.3 Å². The Balaban J connectivity index is 2.91. The molecule has 1 rings (SSSR count). The van der Waals surface area contributed by atoms with E-state index in [1.807, 2.05) is 0 Å². The highest BCUT2D eigenvalue weighted by Gasteiger charge is 2.18. The summed E-state index contributed by atoms with van der Waals surface area (Å²) in [6.45, 7) is 3.28. The van der Waals surface area contributed by atoms with Crippen LogP contribution in [0.2, 0.25) is 0 Å². The topological polar surface area (TPSA) is 84.1 Å². The van der Waals surface area contributed by atoms with Gasteiger partial charge in [-0.05, 0) is 13.8 Å². The first kappa shape index (κ1) is 10.6. The van der Waals surface area contributed by atoms with Gasteiger partial charge in [-0.3, -0.25) is 0 Å². The molecule has 0 saturated carbocycles. The van der Waals surface area contributed by atoms with Crippen LogP contribution in [0.15, 0.2) is 6.20 Å². The fourth-order valence-electron chi connectivity index (χ4n) is 0.828. The van der Waals surface area contributed by atoms with Gasteiger partial charge in [0.2, 0.25) is 5.95 Å². The number of rotatable bonds is 3. The molecule has 0 atom stereocenters. The lowest BCUT2D eigenvalue weighted by Gasteiger charge is -2.24. The van der Waals surface area contributed by atoms with Gasteiger partial charge in [-0.2, -0.15) is 4.98 Å². The zero-order chi connectivity index (χ0) is 10.8. The van der Waals surface area contributed by atoms with E-state index in [-0.39, 0.29) is 18.4 Å².